The molecule has 0 unspecified atom stereocenters. The Labute approximate surface area is 62.1 Å². The summed E-state index contributed by atoms with van der Waals surface area (Å²) in [5.74, 6) is 0.578. The van der Waals surface area contributed by atoms with Crippen molar-refractivity contribution in [3.05, 3.63) is 11.1 Å². The number of rotatable bonds is 1. The lowest BCUT2D eigenvalue weighted by Crippen LogP contribution is -2.07. The highest BCUT2D eigenvalue weighted by Gasteiger charge is 2.22. The maximum Gasteiger partial charge on any atom is 0.136 e. The molecule has 0 aliphatic heterocycles. The molecule has 10 heavy (non-hydrogen) atoms. The van der Waals surface area contributed by atoms with Crippen LogP contribution in [0.3, 0.4) is 0 Å². The Hall–Kier alpha value is -0.590. The zero-order valence-corrected chi connectivity index (χ0v) is 6.90. The molecular weight excluding hydrogens is 124 g/mol. The van der Waals surface area contributed by atoms with Gasteiger partial charge in [-0.1, -0.05) is 11.1 Å². The van der Waals surface area contributed by atoms with Gasteiger partial charge < -0.3 is 0 Å². The molecule has 1 nitrogen and oxygen atoms in total. The van der Waals surface area contributed by atoms with Gasteiger partial charge in [-0.2, -0.15) is 0 Å². The third-order valence-corrected chi connectivity index (χ3v) is 2.49. The molecule has 0 saturated carbocycles. The molecule has 56 valence electrons. The monoisotopic (exact) mass is 138 g/mol. The Balaban J connectivity index is 2.77. The molecule has 0 saturated heterocycles. The van der Waals surface area contributed by atoms with Crippen LogP contribution in [-0.2, 0) is 4.79 Å². The Morgan fingerprint density at radius 2 is 2.10 bits per heavy atom. The molecule has 0 amide bonds. The van der Waals surface area contributed by atoms with Crippen molar-refractivity contribution in [3.8, 4) is 0 Å². The van der Waals surface area contributed by atoms with Crippen LogP contribution in [0, 0.1) is 5.92 Å². The second-order valence-electron chi connectivity index (χ2n) is 3.17. The predicted octanol–water partition coefficient (Wildman–Crippen LogP) is 2.32. The second-order valence-corrected chi connectivity index (χ2v) is 3.17. The molecule has 0 N–H and O–H groups in total. The molecule has 0 bridgehead atoms. The van der Waals surface area contributed by atoms with E-state index in [9.17, 15) is 4.79 Å². The smallest absolute Gasteiger partial charge is 0.136 e. The van der Waals surface area contributed by atoms with Gasteiger partial charge in [0.05, 0.1) is 0 Å². The van der Waals surface area contributed by atoms with Crippen LogP contribution in [0.5, 0.6) is 0 Å². The largest absolute Gasteiger partial charge is 0.299 e. The van der Waals surface area contributed by atoms with Gasteiger partial charge >= 0.3 is 0 Å². The average molecular weight is 138 g/mol. The number of Topliss-reactive ketones (excluding diaryl/α,β-unsaturated/α-hetero) is 1. The molecule has 0 spiro atoms. The highest BCUT2D eigenvalue weighted by atomic mass is 16.1. The molecule has 0 aromatic carbocycles. The number of carbonyl (C=O) groups is 1. The molecule has 1 heteroatoms. The van der Waals surface area contributed by atoms with Gasteiger partial charge in [-0.15, -0.1) is 0 Å². The molecular formula is C9H14O. The molecule has 0 heterocycles. The van der Waals surface area contributed by atoms with Gasteiger partial charge in [0.15, 0.2) is 0 Å². The first-order valence-corrected chi connectivity index (χ1v) is 3.79. The van der Waals surface area contributed by atoms with Gasteiger partial charge in [0.25, 0.3) is 0 Å². The lowest BCUT2D eigenvalue weighted by Gasteiger charge is -2.05. The van der Waals surface area contributed by atoms with E-state index >= 15 is 0 Å². The molecule has 0 aromatic heterocycles. The van der Waals surface area contributed by atoms with Crippen molar-refractivity contribution in [3.63, 3.8) is 0 Å². The van der Waals surface area contributed by atoms with Crippen LogP contribution in [0.1, 0.15) is 33.6 Å². The Morgan fingerprint density at radius 1 is 1.50 bits per heavy atom. The first kappa shape index (κ1) is 7.52. The van der Waals surface area contributed by atoms with Crippen molar-refractivity contribution in [2.75, 3.05) is 0 Å². The number of hydrogen-bond acceptors (Lipinski definition) is 1. The van der Waals surface area contributed by atoms with Crippen molar-refractivity contribution in [2.45, 2.75) is 33.6 Å². The van der Waals surface area contributed by atoms with Crippen LogP contribution in [0.4, 0.5) is 0 Å². The first-order valence-electron chi connectivity index (χ1n) is 3.79. The van der Waals surface area contributed by atoms with Crippen LogP contribution in [0.15, 0.2) is 11.1 Å². The summed E-state index contributed by atoms with van der Waals surface area (Å²) in [7, 11) is 0. The zero-order chi connectivity index (χ0) is 7.72. The van der Waals surface area contributed by atoms with E-state index in [0.29, 0.717) is 5.78 Å². The highest BCUT2D eigenvalue weighted by Crippen LogP contribution is 2.31. The van der Waals surface area contributed by atoms with E-state index in [1.807, 2.05) is 0 Å². The zero-order valence-electron chi connectivity index (χ0n) is 6.90. The summed E-state index contributed by atoms with van der Waals surface area (Å²) in [6.07, 6.45) is 2.17. The highest BCUT2D eigenvalue weighted by molar-refractivity contribution is 5.81. The van der Waals surface area contributed by atoms with Gasteiger partial charge in [0, 0.05) is 5.92 Å². The van der Waals surface area contributed by atoms with E-state index in [4.69, 9.17) is 0 Å². The lowest BCUT2D eigenvalue weighted by molar-refractivity contribution is -0.119. The predicted molar refractivity (Wildman–Crippen MR) is 41.8 cm³/mol. The Kier molecular flexibility index (Phi) is 1.93. The van der Waals surface area contributed by atoms with Gasteiger partial charge in [-0.3, -0.25) is 4.79 Å². The van der Waals surface area contributed by atoms with E-state index in [1.54, 1.807) is 6.92 Å². The molecule has 0 fully saturated rings. The quantitative estimate of drug-likeness (QED) is 0.508. The third kappa shape index (κ3) is 1.13. The molecule has 1 rings (SSSR count). The van der Waals surface area contributed by atoms with Crippen molar-refractivity contribution >= 4 is 5.78 Å². The summed E-state index contributed by atoms with van der Waals surface area (Å²) < 4.78 is 0. The minimum atomic E-state index is 0.250. The average Bonchev–Trinajstić information content (AvgIpc) is 2.14. The van der Waals surface area contributed by atoms with Crippen molar-refractivity contribution in [1.82, 2.24) is 0 Å². The minimum Gasteiger partial charge on any atom is -0.299 e. The number of hydrogen-bond donors (Lipinski definition) is 0. The molecule has 1 atom stereocenters. The van der Waals surface area contributed by atoms with Crippen molar-refractivity contribution in [2.24, 2.45) is 5.92 Å². The fourth-order valence-electron chi connectivity index (χ4n) is 1.58. The van der Waals surface area contributed by atoms with Crippen LogP contribution in [0.2, 0.25) is 0 Å². The van der Waals surface area contributed by atoms with Crippen LogP contribution < -0.4 is 0 Å². The SMILES string of the molecule is CC(=O)[C@@H]1CCC(C)=C1C. The molecule has 0 radical (unpaired) electrons. The topological polar surface area (TPSA) is 17.1 Å². The summed E-state index contributed by atoms with van der Waals surface area (Å²) in [4.78, 5) is 11.0. The van der Waals surface area contributed by atoms with E-state index in [1.165, 1.54) is 11.1 Å². The van der Waals surface area contributed by atoms with Crippen LogP contribution in [-0.4, -0.2) is 5.78 Å². The summed E-state index contributed by atoms with van der Waals surface area (Å²) >= 11 is 0. The van der Waals surface area contributed by atoms with Gasteiger partial charge in [-0.25, -0.2) is 0 Å². The maximum atomic E-state index is 11.0. The van der Waals surface area contributed by atoms with E-state index < -0.39 is 0 Å². The van der Waals surface area contributed by atoms with Crippen LogP contribution in [0.25, 0.3) is 0 Å². The van der Waals surface area contributed by atoms with Gasteiger partial charge in [-0.05, 0) is 33.6 Å². The van der Waals surface area contributed by atoms with E-state index in [0.717, 1.165) is 12.8 Å². The normalized spacial score (nSPS) is 25.7. The van der Waals surface area contributed by atoms with Gasteiger partial charge in [0.1, 0.15) is 5.78 Å². The van der Waals surface area contributed by atoms with Crippen molar-refractivity contribution in [1.29, 1.82) is 0 Å². The standard InChI is InChI=1S/C9H14O/c1-6-4-5-9(7(6)2)8(3)10/h9H,4-5H2,1-3H3/t9-/m1/s1. The summed E-state index contributed by atoms with van der Waals surface area (Å²) in [5.41, 5.74) is 2.73. The minimum absolute atomic E-state index is 0.250. The van der Waals surface area contributed by atoms with E-state index in [-0.39, 0.29) is 5.92 Å². The molecule has 1 aliphatic rings. The fraction of sp³-hybridized carbons (Fsp3) is 0.667. The van der Waals surface area contributed by atoms with Gasteiger partial charge in [0.2, 0.25) is 0 Å². The van der Waals surface area contributed by atoms with Crippen LogP contribution >= 0.6 is 0 Å². The number of ketones is 1. The fourth-order valence-corrected chi connectivity index (χ4v) is 1.58. The molecule has 0 aromatic rings. The third-order valence-electron chi connectivity index (χ3n) is 2.49. The number of carbonyl (C=O) groups excluding carboxylic acids is 1. The first-order chi connectivity index (χ1) is 4.63. The summed E-state index contributed by atoms with van der Waals surface area (Å²) in [5, 5.41) is 0. The Bertz CT molecular complexity index is 189. The Morgan fingerprint density at radius 3 is 2.30 bits per heavy atom. The van der Waals surface area contributed by atoms with E-state index in [2.05, 4.69) is 13.8 Å². The number of allylic oxidation sites excluding steroid dienone is 2. The lowest BCUT2D eigenvalue weighted by atomic mass is 9.98. The second kappa shape index (κ2) is 2.57. The summed E-state index contributed by atoms with van der Waals surface area (Å²) in [6, 6.07) is 0. The van der Waals surface area contributed by atoms with Crippen molar-refractivity contribution < 1.29 is 4.79 Å². The maximum absolute atomic E-state index is 11.0. The summed E-state index contributed by atoms with van der Waals surface area (Å²) in [6.45, 7) is 5.89. The molecule has 1 aliphatic carbocycles.